The Bertz CT molecular complexity index is 373. The predicted molar refractivity (Wildman–Crippen MR) is 61.0 cm³/mol. The third kappa shape index (κ3) is 3.44. The van der Waals surface area contributed by atoms with Crippen molar-refractivity contribution in [2.75, 3.05) is 6.61 Å². The Morgan fingerprint density at radius 1 is 1.80 bits per heavy atom. The molecule has 1 rings (SSSR count). The summed E-state index contributed by atoms with van der Waals surface area (Å²) in [5.74, 6) is -0.352. The molecule has 0 unspecified atom stereocenters. The van der Waals surface area contributed by atoms with Gasteiger partial charge in [0.15, 0.2) is 0 Å². The van der Waals surface area contributed by atoms with E-state index in [0.717, 1.165) is 0 Å². The third-order valence-electron chi connectivity index (χ3n) is 1.70. The van der Waals surface area contributed by atoms with Crippen molar-refractivity contribution < 1.29 is 9.90 Å². The van der Waals surface area contributed by atoms with Gasteiger partial charge in [-0.3, -0.25) is 4.79 Å². The Kier molecular flexibility index (Phi) is 4.50. The summed E-state index contributed by atoms with van der Waals surface area (Å²) < 4.78 is 0.675. The maximum atomic E-state index is 11.6. The van der Waals surface area contributed by atoms with Gasteiger partial charge in [-0.2, -0.15) is 0 Å². The highest BCUT2D eigenvalue weighted by molar-refractivity contribution is 9.10. The molecule has 0 aliphatic rings. The van der Waals surface area contributed by atoms with E-state index in [1.165, 1.54) is 6.20 Å². The minimum absolute atomic E-state index is 0.120. The molecule has 1 aromatic rings. The zero-order chi connectivity index (χ0) is 11.4. The van der Waals surface area contributed by atoms with Gasteiger partial charge in [0, 0.05) is 16.7 Å². The number of pyridine rings is 1. The molecule has 0 saturated carbocycles. The molecule has 0 aromatic carbocycles. The SMILES string of the molecule is C[C@H](CO)NC(=O)c1cc(Br)cnc1Cl. The Morgan fingerprint density at radius 3 is 3.07 bits per heavy atom. The van der Waals surface area contributed by atoms with Crippen LogP contribution in [0.25, 0.3) is 0 Å². The van der Waals surface area contributed by atoms with Crippen LogP contribution in [0.5, 0.6) is 0 Å². The second-order valence-corrected chi connectivity index (χ2v) is 4.32. The first kappa shape index (κ1) is 12.4. The molecule has 2 N–H and O–H groups in total. The minimum atomic E-state index is -0.352. The summed E-state index contributed by atoms with van der Waals surface area (Å²) in [4.78, 5) is 15.4. The zero-order valence-electron chi connectivity index (χ0n) is 8.00. The number of amides is 1. The maximum Gasteiger partial charge on any atom is 0.254 e. The molecule has 0 fully saturated rings. The Balaban J connectivity index is 2.86. The predicted octanol–water partition coefficient (Wildman–Crippen LogP) is 1.61. The number of aliphatic hydroxyl groups is 1. The first-order chi connectivity index (χ1) is 7.04. The molecule has 1 heterocycles. The highest BCUT2D eigenvalue weighted by atomic mass is 79.9. The second kappa shape index (κ2) is 5.44. The topological polar surface area (TPSA) is 62.2 Å². The van der Waals surface area contributed by atoms with Crippen molar-refractivity contribution in [2.24, 2.45) is 0 Å². The number of aliphatic hydroxyl groups excluding tert-OH is 1. The molecule has 0 radical (unpaired) electrons. The van der Waals surface area contributed by atoms with Gasteiger partial charge in [0.2, 0.25) is 0 Å². The molecular formula is C9H10BrClN2O2. The average Bonchev–Trinajstić information content (AvgIpc) is 2.21. The van der Waals surface area contributed by atoms with Crippen LogP contribution in [0.4, 0.5) is 0 Å². The smallest absolute Gasteiger partial charge is 0.254 e. The van der Waals surface area contributed by atoms with E-state index >= 15 is 0 Å². The molecule has 4 nitrogen and oxygen atoms in total. The Morgan fingerprint density at radius 2 is 2.47 bits per heavy atom. The number of carbonyl (C=O) groups is 1. The first-order valence-corrected chi connectivity index (χ1v) is 5.44. The highest BCUT2D eigenvalue weighted by Crippen LogP contribution is 2.17. The van der Waals surface area contributed by atoms with E-state index in [2.05, 4.69) is 26.2 Å². The molecule has 0 saturated heterocycles. The fourth-order valence-electron chi connectivity index (χ4n) is 0.929. The lowest BCUT2D eigenvalue weighted by Gasteiger charge is -2.11. The molecule has 82 valence electrons. The average molecular weight is 294 g/mol. The molecule has 1 atom stereocenters. The summed E-state index contributed by atoms with van der Waals surface area (Å²) in [5.41, 5.74) is 0.284. The van der Waals surface area contributed by atoms with Crippen LogP contribution in [0.1, 0.15) is 17.3 Å². The first-order valence-electron chi connectivity index (χ1n) is 4.27. The van der Waals surface area contributed by atoms with Gasteiger partial charge in [-0.05, 0) is 28.9 Å². The summed E-state index contributed by atoms with van der Waals surface area (Å²) in [5, 5.41) is 11.5. The van der Waals surface area contributed by atoms with Crippen molar-refractivity contribution in [1.29, 1.82) is 0 Å². The second-order valence-electron chi connectivity index (χ2n) is 3.05. The van der Waals surface area contributed by atoms with Gasteiger partial charge >= 0.3 is 0 Å². The van der Waals surface area contributed by atoms with Crippen molar-refractivity contribution in [2.45, 2.75) is 13.0 Å². The number of aromatic nitrogens is 1. The van der Waals surface area contributed by atoms with Crippen LogP contribution < -0.4 is 5.32 Å². The molecule has 0 spiro atoms. The van der Waals surface area contributed by atoms with Gasteiger partial charge in [-0.25, -0.2) is 4.98 Å². The molecule has 1 amide bonds. The molecule has 0 aliphatic carbocycles. The highest BCUT2D eigenvalue weighted by Gasteiger charge is 2.13. The van der Waals surface area contributed by atoms with Crippen LogP contribution in [0.2, 0.25) is 5.15 Å². The molecule has 0 bridgehead atoms. The fraction of sp³-hybridized carbons (Fsp3) is 0.333. The quantitative estimate of drug-likeness (QED) is 0.832. The number of hydrogen-bond acceptors (Lipinski definition) is 3. The monoisotopic (exact) mass is 292 g/mol. The zero-order valence-corrected chi connectivity index (χ0v) is 10.3. The van der Waals surface area contributed by atoms with E-state index in [1.807, 2.05) is 0 Å². The lowest BCUT2D eigenvalue weighted by Crippen LogP contribution is -2.35. The molecule has 15 heavy (non-hydrogen) atoms. The van der Waals surface area contributed by atoms with E-state index in [4.69, 9.17) is 16.7 Å². The van der Waals surface area contributed by atoms with Gasteiger partial charge in [0.1, 0.15) is 5.15 Å². The van der Waals surface area contributed by atoms with E-state index in [0.29, 0.717) is 4.47 Å². The van der Waals surface area contributed by atoms with Gasteiger partial charge in [0.05, 0.1) is 12.2 Å². The van der Waals surface area contributed by atoms with Crippen molar-refractivity contribution >= 4 is 33.4 Å². The van der Waals surface area contributed by atoms with Crippen LogP contribution >= 0.6 is 27.5 Å². The standard InChI is InChI=1S/C9H10BrClN2O2/c1-5(4-14)13-9(15)7-2-6(10)3-12-8(7)11/h2-3,5,14H,4H2,1H3,(H,13,15)/t5-/m1/s1. The van der Waals surface area contributed by atoms with E-state index < -0.39 is 0 Å². The van der Waals surface area contributed by atoms with Gasteiger partial charge in [-0.1, -0.05) is 11.6 Å². The molecular weight excluding hydrogens is 283 g/mol. The van der Waals surface area contributed by atoms with Crippen molar-refractivity contribution in [1.82, 2.24) is 10.3 Å². The van der Waals surface area contributed by atoms with E-state index in [1.54, 1.807) is 13.0 Å². The molecule has 1 aromatic heterocycles. The van der Waals surface area contributed by atoms with Crippen molar-refractivity contribution in [3.8, 4) is 0 Å². The Labute approximate surface area is 101 Å². The number of nitrogens with one attached hydrogen (secondary N) is 1. The summed E-state index contributed by atoms with van der Waals surface area (Å²) >= 11 is 8.96. The minimum Gasteiger partial charge on any atom is -0.394 e. The molecule has 0 aliphatic heterocycles. The van der Waals surface area contributed by atoms with Crippen molar-refractivity contribution in [3.63, 3.8) is 0 Å². The number of hydrogen-bond donors (Lipinski definition) is 2. The van der Waals surface area contributed by atoms with Crippen LogP contribution in [0.3, 0.4) is 0 Å². The number of carbonyl (C=O) groups excluding carboxylic acids is 1. The van der Waals surface area contributed by atoms with Crippen LogP contribution in [-0.2, 0) is 0 Å². The lowest BCUT2D eigenvalue weighted by molar-refractivity contribution is 0.0922. The van der Waals surface area contributed by atoms with Gasteiger partial charge in [0.25, 0.3) is 5.91 Å². The summed E-state index contributed by atoms with van der Waals surface area (Å²) in [6.45, 7) is 1.57. The van der Waals surface area contributed by atoms with Crippen molar-refractivity contribution in [3.05, 3.63) is 27.5 Å². The van der Waals surface area contributed by atoms with Gasteiger partial charge < -0.3 is 10.4 Å². The number of halogens is 2. The van der Waals surface area contributed by atoms with Gasteiger partial charge in [-0.15, -0.1) is 0 Å². The van der Waals surface area contributed by atoms with E-state index in [-0.39, 0.29) is 29.3 Å². The number of nitrogens with zero attached hydrogens (tertiary/aromatic N) is 1. The van der Waals surface area contributed by atoms with Crippen LogP contribution in [0, 0.1) is 0 Å². The Hall–Kier alpha value is -0.650. The third-order valence-corrected chi connectivity index (χ3v) is 2.44. The van der Waals surface area contributed by atoms with Crippen LogP contribution in [0.15, 0.2) is 16.7 Å². The summed E-state index contributed by atoms with van der Waals surface area (Å²) in [6, 6.07) is 1.27. The summed E-state index contributed by atoms with van der Waals surface area (Å²) in [6.07, 6.45) is 1.51. The summed E-state index contributed by atoms with van der Waals surface area (Å²) in [7, 11) is 0. The maximum absolute atomic E-state index is 11.6. The number of rotatable bonds is 3. The lowest BCUT2D eigenvalue weighted by atomic mass is 10.2. The molecule has 6 heteroatoms. The fourth-order valence-corrected chi connectivity index (χ4v) is 1.45. The van der Waals surface area contributed by atoms with Crippen LogP contribution in [-0.4, -0.2) is 28.6 Å². The van der Waals surface area contributed by atoms with E-state index in [9.17, 15) is 4.79 Å². The largest absolute Gasteiger partial charge is 0.394 e. The normalized spacial score (nSPS) is 12.3.